The first-order chi connectivity index (χ1) is 7.97. The standard InChI is InChI=1S/C15H24O2/c1-6-17-14-9-12(7-8-13(14)16)15(10(2)3)11(4)5/h7-11,15-16H,6H2,1-5H3. The van der Waals surface area contributed by atoms with Gasteiger partial charge >= 0.3 is 0 Å². The Balaban J connectivity index is 3.08. The summed E-state index contributed by atoms with van der Waals surface area (Å²) < 4.78 is 5.44. The molecule has 0 saturated heterocycles. The van der Waals surface area contributed by atoms with E-state index in [0.29, 0.717) is 30.1 Å². The summed E-state index contributed by atoms with van der Waals surface area (Å²) in [6.07, 6.45) is 0. The smallest absolute Gasteiger partial charge is 0.161 e. The van der Waals surface area contributed by atoms with Gasteiger partial charge in [0.15, 0.2) is 11.5 Å². The molecular formula is C15H24O2. The van der Waals surface area contributed by atoms with E-state index in [-0.39, 0.29) is 5.75 Å². The average Bonchev–Trinajstić information content (AvgIpc) is 2.22. The molecule has 0 amide bonds. The maximum Gasteiger partial charge on any atom is 0.161 e. The van der Waals surface area contributed by atoms with Crippen molar-refractivity contribution in [3.8, 4) is 11.5 Å². The van der Waals surface area contributed by atoms with Crippen molar-refractivity contribution in [3.05, 3.63) is 23.8 Å². The number of hydrogen-bond donors (Lipinski definition) is 1. The number of rotatable bonds is 5. The third-order valence-corrected chi connectivity index (χ3v) is 3.11. The van der Waals surface area contributed by atoms with Gasteiger partial charge in [0.2, 0.25) is 0 Å². The Morgan fingerprint density at radius 3 is 2.18 bits per heavy atom. The summed E-state index contributed by atoms with van der Waals surface area (Å²) in [7, 11) is 0. The Bertz CT molecular complexity index is 348. The number of benzene rings is 1. The van der Waals surface area contributed by atoms with E-state index < -0.39 is 0 Å². The summed E-state index contributed by atoms with van der Waals surface area (Å²) in [6.45, 7) is 11.4. The van der Waals surface area contributed by atoms with Crippen molar-refractivity contribution in [2.45, 2.75) is 40.5 Å². The molecule has 1 rings (SSSR count). The first-order valence-corrected chi connectivity index (χ1v) is 6.43. The third kappa shape index (κ3) is 3.39. The van der Waals surface area contributed by atoms with Crippen LogP contribution in [-0.4, -0.2) is 11.7 Å². The molecule has 0 aliphatic heterocycles. The van der Waals surface area contributed by atoms with E-state index in [2.05, 4.69) is 27.7 Å². The molecular weight excluding hydrogens is 212 g/mol. The lowest BCUT2D eigenvalue weighted by molar-refractivity contribution is 0.315. The molecule has 0 fully saturated rings. The van der Waals surface area contributed by atoms with E-state index in [0.717, 1.165) is 0 Å². The summed E-state index contributed by atoms with van der Waals surface area (Å²) in [5.41, 5.74) is 1.25. The zero-order valence-electron chi connectivity index (χ0n) is 11.5. The molecule has 1 aromatic carbocycles. The van der Waals surface area contributed by atoms with Gasteiger partial charge in [-0.05, 0) is 42.4 Å². The molecule has 0 atom stereocenters. The second-order valence-electron chi connectivity index (χ2n) is 5.17. The fraction of sp³-hybridized carbons (Fsp3) is 0.600. The van der Waals surface area contributed by atoms with Crippen molar-refractivity contribution in [2.24, 2.45) is 11.8 Å². The highest BCUT2D eigenvalue weighted by Crippen LogP contribution is 2.36. The molecule has 0 aliphatic rings. The lowest BCUT2D eigenvalue weighted by Crippen LogP contribution is -2.13. The number of phenolic OH excluding ortho intramolecular Hbond substituents is 1. The molecule has 17 heavy (non-hydrogen) atoms. The zero-order valence-corrected chi connectivity index (χ0v) is 11.5. The molecule has 0 aliphatic carbocycles. The average molecular weight is 236 g/mol. The van der Waals surface area contributed by atoms with Gasteiger partial charge < -0.3 is 9.84 Å². The van der Waals surface area contributed by atoms with Crippen LogP contribution in [0.3, 0.4) is 0 Å². The molecule has 0 radical (unpaired) electrons. The second-order valence-corrected chi connectivity index (χ2v) is 5.17. The summed E-state index contributed by atoms with van der Waals surface area (Å²) in [4.78, 5) is 0. The van der Waals surface area contributed by atoms with E-state index in [1.807, 2.05) is 19.1 Å². The first kappa shape index (κ1) is 13.9. The van der Waals surface area contributed by atoms with Crippen molar-refractivity contribution >= 4 is 0 Å². The molecule has 0 saturated carbocycles. The Morgan fingerprint density at radius 2 is 1.71 bits per heavy atom. The Morgan fingerprint density at radius 1 is 1.12 bits per heavy atom. The maximum atomic E-state index is 9.70. The lowest BCUT2D eigenvalue weighted by Gasteiger charge is -2.26. The van der Waals surface area contributed by atoms with E-state index >= 15 is 0 Å². The van der Waals surface area contributed by atoms with Crippen molar-refractivity contribution in [2.75, 3.05) is 6.61 Å². The van der Waals surface area contributed by atoms with Crippen molar-refractivity contribution in [1.29, 1.82) is 0 Å². The first-order valence-electron chi connectivity index (χ1n) is 6.43. The van der Waals surface area contributed by atoms with Gasteiger partial charge in [-0.1, -0.05) is 33.8 Å². The molecule has 0 spiro atoms. The fourth-order valence-corrected chi connectivity index (χ4v) is 2.55. The van der Waals surface area contributed by atoms with Gasteiger partial charge in [-0.2, -0.15) is 0 Å². The topological polar surface area (TPSA) is 29.5 Å². The van der Waals surface area contributed by atoms with E-state index in [1.54, 1.807) is 6.07 Å². The van der Waals surface area contributed by atoms with Crippen LogP contribution in [0.4, 0.5) is 0 Å². The minimum atomic E-state index is 0.224. The minimum Gasteiger partial charge on any atom is -0.504 e. The number of phenols is 1. The van der Waals surface area contributed by atoms with Crippen LogP contribution >= 0.6 is 0 Å². The highest BCUT2D eigenvalue weighted by atomic mass is 16.5. The van der Waals surface area contributed by atoms with Crippen LogP contribution in [0, 0.1) is 11.8 Å². The number of ether oxygens (including phenoxy) is 1. The second kappa shape index (κ2) is 5.95. The molecule has 0 heterocycles. The van der Waals surface area contributed by atoms with Crippen molar-refractivity contribution < 1.29 is 9.84 Å². The van der Waals surface area contributed by atoms with Crippen molar-refractivity contribution in [3.63, 3.8) is 0 Å². The Kier molecular flexibility index (Phi) is 4.86. The molecule has 0 aromatic heterocycles. The zero-order chi connectivity index (χ0) is 13.0. The largest absolute Gasteiger partial charge is 0.504 e. The predicted octanol–water partition coefficient (Wildman–Crippen LogP) is 4.19. The quantitative estimate of drug-likeness (QED) is 0.830. The van der Waals surface area contributed by atoms with Gasteiger partial charge in [-0.3, -0.25) is 0 Å². The molecule has 96 valence electrons. The van der Waals surface area contributed by atoms with Crippen LogP contribution in [-0.2, 0) is 0 Å². The Hall–Kier alpha value is -1.18. The van der Waals surface area contributed by atoms with E-state index in [9.17, 15) is 5.11 Å². The van der Waals surface area contributed by atoms with Crippen LogP contribution in [0.5, 0.6) is 11.5 Å². The SMILES string of the molecule is CCOc1cc(C(C(C)C)C(C)C)ccc1O. The predicted molar refractivity (Wildman–Crippen MR) is 71.7 cm³/mol. The molecule has 1 aromatic rings. The highest BCUT2D eigenvalue weighted by Gasteiger charge is 2.20. The molecule has 2 heteroatoms. The lowest BCUT2D eigenvalue weighted by atomic mass is 9.80. The monoisotopic (exact) mass is 236 g/mol. The van der Waals surface area contributed by atoms with Crippen molar-refractivity contribution in [1.82, 2.24) is 0 Å². The van der Waals surface area contributed by atoms with Crippen LogP contribution < -0.4 is 4.74 Å². The molecule has 1 N–H and O–H groups in total. The summed E-state index contributed by atoms with van der Waals surface area (Å²) in [5, 5.41) is 9.70. The molecule has 2 nitrogen and oxygen atoms in total. The van der Waals surface area contributed by atoms with Gasteiger partial charge in [-0.25, -0.2) is 0 Å². The van der Waals surface area contributed by atoms with Crippen LogP contribution in [0.1, 0.15) is 46.1 Å². The summed E-state index contributed by atoms with van der Waals surface area (Å²) >= 11 is 0. The van der Waals surface area contributed by atoms with Crippen LogP contribution in [0.15, 0.2) is 18.2 Å². The molecule has 0 bridgehead atoms. The number of aromatic hydroxyl groups is 1. The summed E-state index contributed by atoms with van der Waals surface area (Å²) in [5.74, 6) is 2.47. The molecule has 0 unspecified atom stereocenters. The minimum absolute atomic E-state index is 0.224. The van der Waals surface area contributed by atoms with Crippen LogP contribution in [0.2, 0.25) is 0 Å². The fourth-order valence-electron chi connectivity index (χ4n) is 2.55. The van der Waals surface area contributed by atoms with E-state index in [1.165, 1.54) is 5.56 Å². The van der Waals surface area contributed by atoms with Gasteiger partial charge in [0.05, 0.1) is 6.61 Å². The van der Waals surface area contributed by atoms with Gasteiger partial charge in [-0.15, -0.1) is 0 Å². The Labute approximate surface area is 105 Å². The highest BCUT2D eigenvalue weighted by molar-refractivity contribution is 5.43. The van der Waals surface area contributed by atoms with Gasteiger partial charge in [0, 0.05) is 0 Å². The van der Waals surface area contributed by atoms with Gasteiger partial charge in [0.1, 0.15) is 0 Å². The van der Waals surface area contributed by atoms with Crippen LogP contribution in [0.25, 0.3) is 0 Å². The third-order valence-electron chi connectivity index (χ3n) is 3.11. The van der Waals surface area contributed by atoms with Gasteiger partial charge in [0.25, 0.3) is 0 Å². The number of hydrogen-bond acceptors (Lipinski definition) is 2. The maximum absolute atomic E-state index is 9.70. The normalized spacial score (nSPS) is 11.5. The summed E-state index contributed by atoms with van der Waals surface area (Å²) in [6, 6.07) is 5.71. The van der Waals surface area contributed by atoms with E-state index in [4.69, 9.17) is 4.74 Å².